The van der Waals surface area contributed by atoms with Crippen LogP contribution >= 0.6 is 0 Å². The number of rotatable bonds is 4. The van der Waals surface area contributed by atoms with Crippen molar-refractivity contribution in [3.63, 3.8) is 0 Å². The molecule has 1 aromatic rings. The largest absolute Gasteiger partial charge is 0.380 e. The highest BCUT2D eigenvalue weighted by Crippen LogP contribution is 2.25. The molecule has 3 rings (SSSR count). The molecule has 0 radical (unpaired) electrons. The lowest BCUT2D eigenvalue weighted by molar-refractivity contribution is -0.135. The third-order valence-corrected chi connectivity index (χ3v) is 4.99. The quantitative estimate of drug-likeness (QED) is 0.828. The fourth-order valence-corrected chi connectivity index (χ4v) is 3.52. The number of amides is 1. The lowest BCUT2D eigenvalue weighted by Gasteiger charge is -2.26. The molecule has 3 heterocycles. The van der Waals surface area contributed by atoms with E-state index in [0.29, 0.717) is 6.54 Å². The summed E-state index contributed by atoms with van der Waals surface area (Å²) in [6.07, 6.45) is 5.09. The molecule has 0 bridgehead atoms. The van der Waals surface area contributed by atoms with Crippen molar-refractivity contribution >= 4 is 5.91 Å². The molecule has 1 aromatic heterocycles. The van der Waals surface area contributed by atoms with Crippen molar-refractivity contribution < 1.29 is 9.53 Å². The van der Waals surface area contributed by atoms with E-state index >= 15 is 0 Å². The van der Waals surface area contributed by atoms with E-state index in [1.807, 2.05) is 15.8 Å². The molecule has 2 saturated heterocycles. The minimum absolute atomic E-state index is 0.0872. The monoisotopic (exact) mass is 335 g/mol. The first-order valence-corrected chi connectivity index (χ1v) is 8.86. The summed E-state index contributed by atoms with van der Waals surface area (Å²) in [6, 6.07) is -0.104. The number of aromatic nitrogens is 3. The fraction of sp³-hybridized carbons (Fsp3) is 0.824. The van der Waals surface area contributed by atoms with Crippen LogP contribution in [0.4, 0.5) is 0 Å². The van der Waals surface area contributed by atoms with Crippen LogP contribution in [-0.4, -0.2) is 69.6 Å². The Hall–Kier alpha value is -1.47. The highest BCUT2D eigenvalue weighted by molar-refractivity contribution is 5.82. The Morgan fingerprint density at radius 3 is 2.62 bits per heavy atom. The van der Waals surface area contributed by atoms with Gasteiger partial charge in [0.2, 0.25) is 5.91 Å². The number of hydrogen-bond donors (Lipinski definition) is 0. The number of likely N-dealkylation sites (tertiary alicyclic amines) is 2. The molecule has 0 unspecified atom stereocenters. The van der Waals surface area contributed by atoms with Gasteiger partial charge in [-0.2, -0.15) is 0 Å². The average Bonchev–Trinajstić information content (AvgIpc) is 3.26. The predicted octanol–water partition coefficient (Wildman–Crippen LogP) is 1.24. The molecule has 2 atom stereocenters. The van der Waals surface area contributed by atoms with Crippen LogP contribution in [0.25, 0.3) is 0 Å². The third kappa shape index (κ3) is 3.62. The van der Waals surface area contributed by atoms with Crippen molar-refractivity contribution in [3.8, 4) is 0 Å². The first-order chi connectivity index (χ1) is 11.4. The summed E-state index contributed by atoms with van der Waals surface area (Å²) in [4.78, 5) is 17.1. The summed E-state index contributed by atoms with van der Waals surface area (Å²) in [5.74, 6) is 0.246. The molecular formula is C17H29N5O2. The first-order valence-electron chi connectivity index (χ1n) is 8.86. The van der Waals surface area contributed by atoms with Crippen LogP contribution in [-0.2, 0) is 21.6 Å². The molecule has 7 nitrogen and oxygen atoms in total. The third-order valence-electron chi connectivity index (χ3n) is 4.99. The molecule has 2 fully saturated rings. The molecule has 134 valence electrons. The van der Waals surface area contributed by atoms with Gasteiger partial charge in [-0.15, -0.1) is 5.10 Å². The van der Waals surface area contributed by atoms with Gasteiger partial charge in [0.1, 0.15) is 0 Å². The van der Waals surface area contributed by atoms with Crippen molar-refractivity contribution in [2.45, 2.75) is 64.3 Å². The van der Waals surface area contributed by atoms with E-state index in [4.69, 9.17) is 4.74 Å². The van der Waals surface area contributed by atoms with Gasteiger partial charge in [0.25, 0.3) is 0 Å². The van der Waals surface area contributed by atoms with Gasteiger partial charge in [0.05, 0.1) is 29.6 Å². The Labute approximate surface area is 143 Å². The van der Waals surface area contributed by atoms with Gasteiger partial charge >= 0.3 is 0 Å². The maximum Gasteiger partial charge on any atom is 0.240 e. The summed E-state index contributed by atoms with van der Waals surface area (Å²) >= 11 is 0. The lowest BCUT2D eigenvalue weighted by atomic mass is 10.1. The zero-order valence-corrected chi connectivity index (χ0v) is 15.2. The smallest absolute Gasteiger partial charge is 0.240 e. The van der Waals surface area contributed by atoms with Crippen molar-refractivity contribution in [2.75, 3.05) is 26.7 Å². The highest BCUT2D eigenvalue weighted by atomic mass is 16.5. The molecule has 0 spiro atoms. The van der Waals surface area contributed by atoms with Crippen LogP contribution in [0.15, 0.2) is 6.20 Å². The minimum Gasteiger partial charge on any atom is -0.380 e. The van der Waals surface area contributed by atoms with Crippen LogP contribution in [0.2, 0.25) is 0 Å². The second-order valence-electron chi connectivity index (χ2n) is 7.90. The second kappa shape index (κ2) is 6.80. The van der Waals surface area contributed by atoms with Crippen LogP contribution < -0.4 is 0 Å². The predicted molar refractivity (Wildman–Crippen MR) is 90.4 cm³/mol. The van der Waals surface area contributed by atoms with E-state index < -0.39 is 0 Å². The standard InChI is InChI=1S/C17H29N5O2/c1-17(2,3)22-11-13(18-19-22)10-21-12-14(24-4)9-15(21)16(23)20-7-5-6-8-20/h11,14-15H,5-10,12H2,1-4H3/t14-,15-/m0/s1. The molecule has 0 aliphatic carbocycles. The number of ether oxygens (including phenoxy) is 1. The Balaban J connectivity index is 1.71. The van der Waals surface area contributed by atoms with Gasteiger partial charge in [-0.3, -0.25) is 9.69 Å². The zero-order valence-electron chi connectivity index (χ0n) is 15.2. The molecule has 1 amide bonds. The normalized spacial score (nSPS) is 25.6. The maximum atomic E-state index is 12.9. The van der Waals surface area contributed by atoms with E-state index in [1.165, 1.54) is 0 Å². The van der Waals surface area contributed by atoms with Crippen molar-refractivity contribution in [3.05, 3.63) is 11.9 Å². The maximum absolute atomic E-state index is 12.9. The number of methoxy groups -OCH3 is 1. The highest BCUT2D eigenvalue weighted by Gasteiger charge is 2.39. The van der Waals surface area contributed by atoms with Crippen molar-refractivity contribution in [1.82, 2.24) is 24.8 Å². The number of hydrogen-bond acceptors (Lipinski definition) is 5. The number of nitrogens with zero attached hydrogens (tertiary/aromatic N) is 5. The molecule has 7 heteroatoms. The zero-order chi connectivity index (χ0) is 17.3. The van der Waals surface area contributed by atoms with Gasteiger partial charge in [-0.1, -0.05) is 5.21 Å². The van der Waals surface area contributed by atoms with Crippen LogP contribution in [0.5, 0.6) is 0 Å². The van der Waals surface area contributed by atoms with Crippen molar-refractivity contribution in [1.29, 1.82) is 0 Å². The summed E-state index contributed by atoms with van der Waals surface area (Å²) in [6.45, 7) is 9.48. The van der Waals surface area contributed by atoms with E-state index in [0.717, 1.165) is 44.6 Å². The van der Waals surface area contributed by atoms with Gasteiger partial charge in [-0.05, 0) is 40.0 Å². The second-order valence-corrected chi connectivity index (χ2v) is 7.90. The SMILES string of the molecule is CO[C@H]1C[C@@H](C(=O)N2CCCC2)N(Cc2cn(C(C)(C)C)nn2)C1. The van der Waals surface area contributed by atoms with Gasteiger partial charge in [-0.25, -0.2) is 4.68 Å². The Morgan fingerprint density at radius 1 is 1.33 bits per heavy atom. The Bertz CT molecular complexity index is 574. The van der Waals surface area contributed by atoms with E-state index in [2.05, 4.69) is 36.0 Å². The first kappa shape index (κ1) is 17.4. The summed E-state index contributed by atoms with van der Waals surface area (Å²) in [7, 11) is 1.72. The fourth-order valence-electron chi connectivity index (χ4n) is 3.52. The van der Waals surface area contributed by atoms with Crippen LogP contribution in [0.3, 0.4) is 0 Å². The van der Waals surface area contributed by atoms with Crippen molar-refractivity contribution in [2.24, 2.45) is 0 Å². The van der Waals surface area contributed by atoms with E-state index in [1.54, 1.807) is 7.11 Å². The van der Waals surface area contributed by atoms with Gasteiger partial charge in [0, 0.05) is 33.3 Å². The molecule has 2 aliphatic heterocycles. The Morgan fingerprint density at radius 2 is 2.04 bits per heavy atom. The number of carbonyl (C=O) groups excluding carboxylic acids is 1. The van der Waals surface area contributed by atoms with Gasteiger partial charge in [0.15, 0.2) is 0 Å². The topological polar surface area (TPSA) is 63.5 Å². The minimum atomic E-state index is -0.104. The number of carbonyl (C=O) groups is 1. The van der Waals surface area contributed by atoms with E-state index in [9.17, 15) is 4.79 Å². The molecule has 24 heavy (non-hydrogen) atoms. The summed E-state index contributed by atoms with van der Waals surface area (Å²) < 4.78 is 7.41. The molecule has 0 N–H and O–H groups in total. The summed E-state index contributed by atoms with van der Waals surface area (Å²) in [5, 5.41) is 8.52. The molecule has 0 saturated carbocycles. The Kier molecular flexibility index (Phi) is 4.92. The average molecular weight is 335 g/mol. The van der Waals surface area contributed by atoms with Crippen LogP contribution in [0.1, 0.15) is 45.7 Å². The molecule has 2 aliphatic rings. The molecule has 0 aromatic carbocycles. The van der Waals surface area contributed by atoms with E-state index in [-0.39, 0.29) is 23.6 Å². The van der Waals surface area contributed by atoms with Gasteiger partial charge < -0.3 is 9.64 Å². The van der Waals surface area contributed by atoms with Crippen LogP contribution in [0, 0.1) is 0 Å². The molecular weight excluding hydrogens is 306 g/mol. The summed E-state index contributed by atoms with van der Waals surface area (Å²) in [5.41, 5.74) is 0.816. The lowest BCUT2D eigenvalue weighted by Crippen LogP contribution is -2.44.